The Labute approximate surface area is 186 Å². The fraction of sp³-hybridized carbons (Fsp3) is 0.440. The number of furan rings is 1. The first-order valence-electron chi connectivity index (χ1n) is 10.9. The number of benzene rings is 1. The summed E-state index contributed by atoms with van der Waals surface area (Å²) < 4.78 is 16.7. The van der Waals surface area contributed by atoms with Crippen LogP contribution in [0, 0.1) is 0 Å². The largest absolute Gasteiger partial charge is 0.478 e. The molecule has 0 N–H and O–H groups in total. The molecule has 2 heterocycles. The van der Waals surface area contributed by atoms with Gasteiger partial charge in [-0.1, -0.05) is 0 Å². The SMILES string of the molecule is CC(C)(C)OC(=O)CCCOc1ccc2c(ccc3occ(C4CCC(=O)CC4=O)c32)n1. The third-order valence-electron chi connectivity index (χ3n) is 5.45. The van der Waals surface area contributed by atoms with Crippen LogP contribution in [0.1, 0.15) is 64.4 Å². The Morgan fingerprint density at radius 1 is 1.19 bits per heavy atom. The average molecular weight is 437 g/mol. The molecular weight excluding hydrogens is 410 g/mol. The molecule has 4 rings (SSSR count). The van der Waals surface area contributed by atoms with Gasteiger partial charge in [-0.15, -0.1) is 0 Å². The Morgan fingerprint density at radius 3 is 2.75 bits per heavy atom. The summed E-state index contributed by atoms with van der Waals surface area (Å²) >= 11 is 0. The molecule has 1 aromatic carbocycles. The number of ketones is 2. The minimum absolute atomic E-state index is 0.000894. The molecule has 1 atom stereocenters. The van der Waals surface area contributed by atoms with E-state index in [0.29, 0.717) is 37.3 Å². The zero-order chi connectivity index (χ0) is 22.9. The predicted molar refractivity (Wildman–Crippen MR) is 119 cm³/mol. The van der Waals surface area contributed by atoms with Crippen molar-refractivity contribution < 1.29 is 28.3 Å². The fourth-order valence-corrected chi connectivity index (χ4v) is 4.07. The van der Waals surface area contributed by atoms with Gasteiger partial charge >= 0.3 is 5.97 Å². The molecule has 1 fully saturated rings. The van der Waals surface area contributed by atoms with E-state index >= 15 is 0 Å². The monoisotopic (exact) mass is 437 g/mol. The van der Waals surface area contributed by atoms with E-state index in [9.17, 15) is 14.4 Å². The third-order valence-corrected chi connectivity index (χ3v) is 5.45. The number of nitrogens with zero attached hydrogens (tertiary/aromatic N) is 1. The molecule has 0 bridgehead atoms. The average Bonchev–Trinajstić information content (AvgIpc) is 3.14. The molecule has 0 saturated heterocycles. The highest BCUT2D eigenvalue weighted by atomic mass is 16.6. The Bertz CT molecular complexity index is 1190. The van der Waals surface area contributed by atoms with Gasteiger partial charge in [-0.05, 0) is 51.8 Å². The van der Waals surface area contributed by atoms with Crippen LogP contribution in [0.3, 0.4) is 0 Å². The van der Waals surface area contributed by atoms with Crippen molar-refractivity contribution in [1.82, 2.24) is 4.98 Å². The van der Waals surface area contributed by atoms with Gasteiger partial charge in [0.25, 0.3) is 0 Å². The van der Waals surface area contributed by atoms with E-state index in [1.807, 2.05) is 39.0 Å². The molecule has 0 spiro atoms. The number of ether oxygens (including phenoxy) is 2. The summed E-state index contributed by atoms with van der Waals surface area (Å²) in [7, 11) is 0. The van der Waals surface area contributed by atoms with Crippen molar-refractivity contribution in [3.8, 4) is 5.88 Å². The molecule has 1 saturated carbocycles. The minimum atomic E-state index is -0.493. The zero-order valence-corrected chi connectivity index (χ0v) is 18.6. The lowest BCUT2D eigenvalue weighted by Crippen LogP contribution is -2.24. The van der Waals surface area contributed by atoms with Crippen LogP contribution < -0.4 is 4.74 Å². The normalized spacial score (nSPS) is 17.2. The molecule has 0 aliphatic heterocycles. The second-order valence-electron chi connectivity index (χ2n) is 9.16. The molecule has 2 aromatic heterocycles. The summed E-state index contributed by atoms with van der Waals surface area (Å²) in [5.74, 6) is -0.173. The van der Waals surface area contributed by atoms with E-state index in [2.05, 4.69) is 4.98 Å². The zero-order valence-electron chi connectivity index (χ0n) is 18.6. The van der Waals surface area contributed by atoms with Crippen molar-refractivity contribution in [2.75, 3.05) is 6.61 Å². The highest BCUT2D eigenvalue weighted by Crippen LogP contribution is 2.38. The maximum atomic E-state index is 12.5. The lowest BCUT2D eigenvalue weighted by atomic mass is 9.82. The predicted octanol–water partition coefficient (Wildman–Crippen LogP) is 4.89. The number of Topliss-reactive ketones (excluding diaryl/α,β-unsaturated/α-hetero) is 2. The fourth-order valence-electron chi connectivity index (χ4n) is 4.07. The number of carbonyl (C=O) groups is 3. The van der Waals surface area contributed by atoms with Crippen LogP contribution >= 0.6 is 0 Å². The van der Waals surface area contributed by atoms with Crippen molar-refractivity contribution in [3.63, 3.8) is 0 Å². The van der Waals surface area contributed by atoms with Gasteiger partial charge in [-0.2, -0.15) is 0 Å². The van der Waals surface area contributed by atoms with E-state index in [1.165, 1.54) is 0 Å². The lowest BCUT2D eigenvalue weighted by Gasteiger charge is -2.19. The van der Waals surface area contributed by atoms with E-state index in [-0.39, 0.29) is 36.3 Å². The Kier molecular flexibility index (Phi) is 6.00. The topological polar surface area (TPSA) is 95.7 Å². The molecule has 7 nitrogen and oxygen atoms in total. The summed E-state index contributed by atoms with van der Waals surface area (Å²) in [6.07, 6.45) is 3.34. The molecular formula is C25H27NO6. The van der Waals surface area contributed by atoms with E-state index in [4.69, 9.17) is 13.9 Å². The van der Waals surface area contributed by atoms with Gasteiger partial charge in [0, 0.05) is 41.2 Å². The van der Waals surface area contributed by atoms with Crippen molar-refractivity contribution in [2.24, 2.45) is 0 Å². The maximum absolute atomic E-state index is 12.5. The Morgan fingerprint density at radius 2 is 2.00 bits per heavy atom. The molecule has 1 unspecified atom stereocenters. The summed E-state index contributed by atoms with van der Waals surface area (Å²) in [5.41, 5.74) is 1.73. The number of esters is 1. The van der Waals surface area contributed by atoms with Crippen molar-refractivity contribution >= 4 is 39.4 Å². The van der Waals surface area contributed by atoms with Gasteiger partial charge in [0.15, 0.2) is 0 Å². The molecule has 7 heteroatoms. The molecule has 3 aromatic rings. The summed E-state index contributed by atoms with van der Waals surface area (Å²) in [5, 5.41) is 1.73. The first-order chi connectivity index (χ1) is 15.2. The molecule has 0 radical (unpaired) electrons. The van der Waals surface area contributed by atoms with Crippen LogP contribution in [0.2, 0.25) is 0 Å². The lowest BCUT2D eigenvalue weighted by molar-refractivity contribution is -0.155. The Hall–Kier alpha value is -3.22. The van der Waals surface area contributed by atoms with Gasteiger partial charge in [0.2, 0.25) is 5.88 Å². The summed E-state index contributed by atoms with van der Waals surface area (Å²) in [6, 6.07) is 7.37. The molecule has 1 aliphatic carbocycles. The van der Waals surface area contributed by atoms with Crippen LogP contribution in [0.25, 0.3) is 21.9 Å². The van der Waals surface area contributed by atoms with Crippen LogP contribution in [0.5, 0.6) is 5.88 Å². The second kappa shape index (κ2) is 8.73. The van der Waals surface area contributed by atoms with Gasteiger partial charge < -0.3 is 13.9 Å². The van der Waals surface area contributed by atoms with E-state index < -0.39 is 5.60 Å². The summed E-state index contributed by atoms with van der Waals surface area (Å²) in [6.45, 7) is 5.87. The number of pyridine rings is 1. The summed E-state index contributed by atoms with van der Waals surface area (Å²) in [4.78, 5) is 40.5. The quantitative estimate of drug-likeness (QED) is 0.308. The second-order valence-corrected chi connectivity index (χ2v) is 9.16. The van der Waals surface area contributed by atoms with Crippen LogP contribution in [0.4, 0.5) is 0 Å². The molecule has 0 amide bonds. The minimum Gasteiger partial charge on any atom is -0.478 e. The molecule has 1 aliphatic rings. The van der Waals surface area contributed by atoms with Gasteiger partial charge in [-0.25, -0.2) is 4.98 Å². The van der Waals surface area contributed by atoms with Crippen molar-refractivity contribution in [2.45, 2.75) is 64.4 Å². The molecule has 32 heavy (non-hydrogen) atoms. The third kappa shape index (κ3) is 4.82. The maximum Gasteiger partial charge on any atom is 0.306 e. The number of hydrogen-bond acceptors (Lipinski definition) is 7. The van der Waals surface area contributed by atoms with Crippen molar-refractivity contribution in [1.29, 1.82) is 0 Å². The van der Waals surface area contributed by atoms with Gasteiger partial charge in [0.1, 0.15) is 22.8 Å². The number of hydrogen-bond donors (Lipinski definition) is 0. The van der Waals surface area contributed by atoms with Gasteiger partial charge in [-0.3, -0.25) is 14.4 Å². The van der Waals surface area contributed by atoms with Crippen molar-refractivity contribution in [3.05, 3.63) is 36.1 Å². The highest BCUT2D eigenvalue weighted by Gasteiger charge is 2.31. The smallest absolute Gasteiger partial charge is 0.306 e. The molecule has 168 valence electrons. The van der Waals surface area contributed by atoms with Crippen LogP contribution in [-0.2, 0) is 19.1 Å². The van der Waals surface area contributed by atoms with Gasteiger partial charge in [0.05, 0.1) is 24.8 Å². The van der Waals surface area contributed by atoms with E-state index in [0.717, 1.165) is 21.9 Å². The van der Waals surface area contributed by atoms with E-state index in [1.54, 1.807) is 12.3 Å². The number of aromatic nitrogens is 1. The number of rotatable bonds is 6. The van der Waals surface area contributed by atoms with Crippen LogP contribution in [0.15, 0.2) is 34.9 Å². The number of carbonyl (C=O) groups excluding carboxylic acids is 3. The first kappa shape index (κ1) is 22.0. The number of fused-ring (bicyclic) bond motifs is 3. The first-order valence-corrected chi connectivity index (χ1v) is 10.9. The Balaban J connectivity index is 1.49. The standard InChI is InChI=1S/C25H27NO6/c1-25(2,3)32-23(29)5-4-12-30-22-11-8-17-19(26-22)9-10-21-24(17)18(14-31-21)16-7-6-15(27)13-20(16)28/h8-11,14,16H,4-7,12-13H2,1-3H3. The van der Waals surface area contributed by atoms with Crippen LogP contribution in [-0.4, -0.2) is 34.7 Å². The highest BCUT2D eigenvalue weighted by molar-refractivity contribution is 6.10.